The maximum Gasteiger partial charge on any atom is 0.223 e. The molecule has 0 saturated carbocycles. The second-order valence-corrected chi connectivity index (χ2v) is 8.02. The number of rotatable bonds is 4. The number of aromatic nitrogens is 3. The van der Waals surface area contributed by atoms with Crippen molar-refractivity contribution in [3.63, 3.8) is 0 Å². The fraction of sp³-hybridized carbons (Fsp3) is 0.333. The fourth-order valence-corrected chi connectivity index (χ4v) is 4.65. The summed E-state index contributed by atoms with van der Waals surface area (Å²) in [5.74, 6) is 1.15. The zero-order chi connectivity index (χ0) is 19.8. The van der Waals surface area contributed by atoms with Gasteiger partial charge in [0.05, 0.1) is 17.1 Å². The zero-order valence-corrected chi connectivity index (χ0v) is 16.8. The van der Waals surface area contributed by atoms with Gasteiger partial charge >= 0.3 is 0 Å². The predicted molar refractivity (Wildman–Crippen MR) is 116 cm³/mol. The summed E-state index contributed by atoms with van der Waals surface area (Å²) >= 11 is 0. The molecule has 5 nitrogen and oxygen atoms in total. The summed E-state index contributed by atoms with van der Waals surface area (Å²) in [6.45, 7) is 0.816. The van der Waals surface area contributed by atoms with Crippen LogP contribution in [0.25, 0.3) is 21.9 Å². The molecule has 0 spiro atoms. The molecule has 1 amide bonds. The number of fused-ring (bicyclic) bond motifs is 2. The smallest absolute Gasteiger partial charge is 0.223 e. The monoisotopic (exact) mass is 386 g/mol. The third kappa shape index (κ3) is 3.31. The summed E-state index contributed by atoms with van der Waals surface area (Å²) in [6, 6.07) is 16.5. The summed E-state index contributed by atoms with van der Waals surface area (Å²) in [5, 5.41) is 1.25. The Bertz CT molecular complexity index is 1140. The standard InChI is InChI=1S/C24H26N4O/c1-27-16-17(18-8-2-5-11-21(18)27)13-14-23(29)28-15-7-6-12-22(28)24-25-19-9-3-4-10-20(19)26-24/h2-5,8-11,16,22H,6-7,12-15H2,1H3,(H,25,26)/t22-/m0/s1. The Morgan fingerprint density at radius 3 is 2.86 bits per heavy atom. The van der Waals surface area contributed by atoms with Crippen LogP contribution in [0.3, 0.4) is 0 Å². The number of para-hydroxylation sites is 3. The summed E-state index contributed by atoms with van der Waals surface area (Å²) in [4.78, 5) is 23.5. The van der Waals surface area contributed by atoms with Crippen LogP contribution in [0.4, 0.5) is 0 Å². The summed E-state index contributed by atoms with van der Waals surface area (Å²) < 4.78 is 2.15. The second kappa shape index (κ2) is 7.39. The molecule has 0 radical (unpaired) electrons. The Balaban J connectivity index is 1.35. The van der Waals surface area contributed by atoms with Crippen LogP contribution in [-0.4, -0.2) is 31.9 Å². The van der Waals surface area contributed by atoms with Crippen LogP contribution >= 0.6 is 0 Å². The van der Waals surface area contributed by atoms with Crippen LogP contribution in [0.5, 0.6) is 0 Å². The summed E-state index contributed by atoms with van der Waals surface area (Å²) in [5.41, 5.74) is 4.47. The van der Waals surface area contributed by atoms with Crippen LogP contribution in [-0.2, 0) is 18.3 Å². The molecule has 1 fully saturated rings. The molecule has 29 heavy (non-hydrogen) atoms. The third-order valence-electron chi connectivity index (χ3n) is 6.13. The van der Waals surface area contributed by atoms with E-state index in [0.29, 0.717) is 6.42 Å². The average molecular weight is 386 g/mol. The van der Waals surface area contributed by atoms with Gasteiger partial charge in [-0.15, -0.1) is 0 Å². The molecule has 0 aliphatic carbocycles. The number of hydrogen-bond donors (Lipinski definition) is 1. The maximum absolute atomic E-state index is 13.2. The first-order chi connectivity index (χ1) is 14.2. The van der Waals surface area contributed by atoms with Crippen molar-refractivity contribution in [1.29, 1.82) is 0 Å². The van der Waals surface area contributed by atoms with Gasteiger partial charge in [0, 0.05) is 37.1 Å². The number of piperidine rings is 1. The number of H-pyrrole nitrogens is 1. The first-order valence-electron chi connectivity index (χ1n) is 10.5. The number of nitrogens with zero attached hydrogens (tertiary/aromatic N) is 3. The van der Waals surface area contributed by atoms with Gasteiger partial charge in [-0.3, -0.25) is 4.79 Å². The minimum Gasteiger partial charge on any atom is -0.350 e. The van der Waals surface area contributed by atoms with E-state index in [-0.39, 0.29) is 11.9 Å². The van der Waals surface area contributed by atoms with E-state index in [1.165, 1.54) is 16.5 Å². The number of nitrogens with one attached hydrogen (secondary N) is 1. The van der Waals surface area contributed by atoms with Gasteiger partial charge in [0.1, 0.15) is 5.82 Å². The Morgan fingerprint density at radius 1 is 1.14 bits per heavy atom. The lowest BCUT2D eigenvalue weighted by atomic mass is 10.00. The number of carbonyl (C=O) groups excluding carboxylic acids is 1. The number of likely N-dealkylation sites (tertiary alicyclic amines) is 1. The van der Waals surface area contributed by atoms with E-state index in [2.05, 4.69) is 47.1 Å². The van der Waals surface area contributed by atoms with E-state index in [4.69, 9.17) is 4.98 Å². The molecule has 0 bridgehead atoms. The number of imidazole rings is 1. The van der Waals surface area contributed by atoms with Crippen molar-refractivity contribution < 1.29 is 4.79 Å². The Morgan fingerprint density at radius 2 is 1.97 bits per heavy atom. The van der Waals surface area contributed by atoms with E-state index >= 15 is 0 Å². The Hall–Kier alpha value is -3.08. The number of amides is 1. The van der Waals surface area contributed by atoms with Crippen LogP contribution in [0, 0.1) is 0 Å². The van der Waals surface area contributed by atoms with Crippen molar-refractivity contribution in [1.82, 2.24) is 19.4 Å². The van der Waals surface area contributed by atoms with Gasteiger partial charge in [-0.2, -0.15) is 0 Å². The third-order valence-corrected chi connectivity index (χ3v) is 6.13. The molecule has 1 aliphatic rings. The highest BCUT2D eigenvalue weighted by Gasteiger charge is 2.30. The lowest BCUT2D eigenvalue weighted by Gasteiger charge is -2.34. The number of benzene rings is 2. The Kier molecular flexibility index (Phi) is 4.58. The molecule has 3 heterocycles. The van der Waals surface area contributed by atoms with Crippen molar-refractivity contribution in [3.05, 3.63) is 66.1 Å². The van der Waals surface area contributed by atoms with Gasteiger partial charge in [0.15, 0.2) is 0 Å². The molecule has 0 unspecified atom stereocenters. The molecule has 148 valence electrons. The SMILES string of the molecule is Cn1cc(CCC(=O)N2CCCC[C@H]2c2nc3ccccc3[nH]2)c2ccccc21. The van der Waals surface area contributed by atoms with Gasteiger partial charge in [-0.1, -0.05) is 30.3 Å². The summed E-state index contributed by atoms with van der Waals surface area (Å²) in [6.07, 6.45) is 6.63. The van der Waals surface area contributed by atoms with Gasteiger partial charge in [0.2, 0.25) is 5.91 Å². The Labute approximate surface area is 170 Å². The van der Waals surface area contributed by atoms with Crippen molar-refractivity contribution in [2.45, 2.75) is 38.1 Å². The topological polar surface area (TPSA) is 53.9 Å². The predicted octanol–water partition coefficient (Wildman–Crippen LogP) is 4.74. The highest BCUT2D eigenvalue weighted by atomic mass is 16.2. The molecule has 1 atom stereocenters. The molecule has 1 saturated heterocycles. The minimum atomic E-state index is 0.0520. The van der Waals surface area contributed by atoms with Crippen LogP contribution in [0.1, 0.15) is 43.1 Å². The average Bonchev–Trinajstić information content (AvgIpc) is 3.33. The van der Waals surface area contributed by atoms with Crippen LogP contribution in [0.15, 0.2) is 54.7 Å². The number of aryl methyl sites for hydroxylation is 2. The minimum absolute atomic E-state index is 0.0520. The lowest BCUT2D eigenvalue weighted by Crippen LogP contribution is -2.39. The van der Waals surface area contributed by atoms with Crippen molar-refractivity contribution in [2.75, 3.05) is 6.54 Å². The molecule has 2 aromatic carbocycles. The zero-order valence-electron chi connectivity index (χ0n) is 16.8. The molecular weight excluding hydrogens is 360 g/mol. The van der Waals surface area contributed by atoms with Crippen molar-refractivity contribution >= 4 is 27.8 Å². The van der Waals surface area contributed by atoms with E-state index in [0.717, 1.165) is 49.1 Å². The van der Waals surface area contributed by atoms with Gasteiger partial charge in [-0.05, 0) is 49.4 Å². The second-order valence-electron chi connectivity index (χ2n) is 8.02. The van der Waals surface area contributed by atoms with Crippen LogP contribution < -0.4 is 0 Å². The fourth-order valence-electron chi connectivity index (χ4n) is 4.65. The molecule has 5 rings (SSSR count). The van der Waals surface area contributed by atoms with E-state index in [1.807, 2.05) is 29.2 Å². The van der Waals surface area contributed by atoms with Gasteiger partial charge in [0.25, 0.3) is 0 Å². The van der Waals surface area contributed by atoms with E-state index in [1.54, 1.807) is 0 Å². The molecular formula is C24H26N4O. The maximum atomic E-state index is 13.2. The van der Waals surface area contributed by atoms with Gasteiger partial charge in [-0.25, -0.2) is 4.98 Å². The highest BCUT2D eigenvalue weighted by molar-refractivity contribution is 5.85. The number of carbonyl (C=O) groups is 1. The number of aromatic amines is 1. The van der Waals surface area contributed by atoms with Crippen molar-refractivity contribution in [3.8, 4) is 0 Å². The highest BCUT2D eigenvalue weighted by Crippen LogP contribution is 2.31. The molecule has 1 aliphatic heterocycles. The van der Waals surface area contributed by atoms with E-state index < -0.39 is 0 Å². The largest absolute Gasteiger partial charge is 0.350 e. The summed E-state index contributed by atoms with van der Waals surface area (Å²) in [7, 11) is 2.07. The first kappa shape index (κ1) is 18.0. The van der Waals surface area contributed by atoms with Gasteiger partial charge < -0.3 is 14.5 Å². The normalized spacial score (nSPS) is 17.3. The lowest BCUT2D eigenvalue weighted by molar-refractivity contribution is -0.135. The first-order valence-corrected chi connectivity index (χ1v) is 10.5. The quantitative estimate of drug-likeness (QED) is 0.551. The molecule has 1 N–H and O–H groups in total. The molecule has 2 aromatic heterocycles. The molecule has 5 heteroatoms. The molecule has 4 aromatic rings. The van der Waals surface area contributed by atoms with E-state index in [9.17, 15) is 4.79 Å². The number of hydrogen-bond acceptors (Lipinski definition) is 2. The van der Waals surface area contributed by atoms with Crippen molar-refractivity contribution in [2.24, 2.45) is 7.05 Å². The van der Waals surface area contributed by atoms with Crippen LogP contribution in [0.2, 0.25) is 0 Å².